The predicted molar refractivity (Wildman–Crippen MR) is 81.8 cm³/mol. The van der Waals surface area contributed by atoms with Crippen LogP contribution in [0.15, 0.2) is 0 Å². The molecule has 0 radical (unpaired) electrons. The maximum atomic E-state index is 12.8. The summed E-state index contributed by atoms with van der Waals surface area (Å²) in [5, 5.41) is 3.13. The average molecular weight is 303 g/mol. The van der Waals surface area contributed by atoms with E-state index in [1.165, 1.54) is 0 Å². The van der Waals surface area contributed by atoms with E-state index in [2.05, 4.69) is 12.2 Å². The van der Waals surface area contributed by atoms with Gasteiger partial charge in [-0.15, -0.1) is 0 Å². The lowest BCUT2D eigenvalue weighted by Crippen LogP contribution is -2.52. The minimum atomic E-state index is -3.26. The molecule has 0 saturated carbocycles. The van der Waals surface area contributed by atoms with Gasteiger partial charge in [0.05, 0.1) is 0 Å². The number of nitrogens with one attached hydrogen (secondary N) is 1. The monoisotopic (exact) mass is 303 g/mol. The molecule has 5 nitrogen and oxygen atoms in total. The first-order chi connectivity index (χ1) is 9.59. The molecule has 0 amide bonds. The summed E-state index contributed by atoms with van der Waals surface area (Å²) in [4.78, 5) is 0. The van der Waals surface area contributed by atoms with Crippen molar-refractivity contribution >= 4 is 10.2 Å². The van der Waals surface area contributed by atoms with Crippen LogP contribution < -0.4 is 5.32 Å². The second-order valence-electron chi connectivity index (χ2n) is 6.13. The number of hydrogen-bond acceptors (Lipinski definition) is 3. The van der Waals surface area contributed by atoms with Crippen LogP contribution in [0.25, 0.3) is 0 Å². The van der Waals surface area contributed by atoms with Crippen molar-refractivity contribution in [1.29, 1.82) is 0 Å². The zero-order chi connectivity index (χ0) is 14.6. The molecule has 0 aromatic heterocycles. The molecule has 6 heteroatoms. The SMILES string of the molecule is CCCC1CCN(S(=O)(=O)N2CCCCC2CNC)C1. The van der Waals surface area contributed by atoms with Gasteiger partial charge in [-0.2, -0.15) is 17.0 Å². The van der Waals surface area contributed by atoms with Gasteiger partial charge in [-0.05, 0) is 38.6 Å². The van der Waals surface area contributed by atoms with Crippen LogP contribution in [0, 0.1) is 5.92 Å². The molecule has 2 atom stereocenters. The molecule has 0 aromatic carbocycles. The Kier molecular flexibility index (Phi) is 5.84. The van der Waals surface area contributed by atoms with Gasteiger partial charge in [0.1, 0.15) is 0 Å². The van der Waals surface area contributed by atoms with Crippen LogP contribution in [0.1, 0.15) is 45.4 Å². The molecular weight excluding hydrogens is 274 g/mol. The molecule has 2 rings (SSSR count). The Bertz CT molecular complexity index is 397. The van der Waals surface area contributed by atoms with Gasteiger partial charge in [0.15, 0.2) is 0 Å². The van der Waals surface area contributed by atoms with Crippen molar-refractivity contribution in [3.8, 4) is 0 Å². The van der Waals surface area contributed by atoms with Crippen LogP contribution in [0.2, 0.25) is 0 Å². The number of likely N-dealkylation sites (N-methyl/N-ethyl adjacent to an activating group) is 1. The Labute approximate surface area is 123 Å². The molecule has 1 N–H and O–H groups in total. The Morgan fingerprint density at radius 1 is 1.20 bits per heavy atom. The fraction of sp³-hybridized carbons (Fsp3) is 1.00. The molecule has 2 fully saturated rings. The highest BCUT2D eigenvalue weighted by Crippen LogP contribution is 2.28. The van der Waals surface area contributed by atoms with Crippen LogP contribution in [-0.4, -0.2) is 56.3 Å². The first-order valence-electron chi connectivity index (χ1n) is 8.01. The molecule has 2 saturated heterocycles. The predicted octanol–water partition coefficient (Wildman–Crippen LogP) is 1.43. The second-order valence-corrected chi connectivity index (χ2v) is 8.01. The van der Waals surface area contributed by atoms with Crippen molar-refractivity contribution in [2.45, 2.75) is 51.5 Å². The van der Waals surface area contributed by atoms with Crippen molar-refractivity contribution in [1.82, 2.24) is 13.9 Å². The standard InChI is InChI=1S/C14H29N3O2S/c1-3-6-13-8-10-16(12-13)20(18,19)17-9-5-4-7-14(17)11-15-2/h13-15H,3-12H2,1-2H3. The Balaban J connectivity index is 2.04. The molecule has 20 heavy (non-hydrogen) atoms. The number of rotatable bonds is 6. The van der Waals surface area contributed by atoms with E-state index >= 15 is 0 Å². The molecule has 0 bridgehead atoms. The van der Waals surface area contributed by atoms with E-state index in [9.17, 15) is 8.42 Å². The van der Waals surface area contributed by atoms with Crippen molar-refractivity contribution in [2.24, 2.45) is 5.92 Å². The Morgan fingerprint density at radius 2 is 2.00 bits per heavy atom. The fourth-order valence-electron chi connectivity index (χ4n) is 3.52. The van der Waals surface area contributed by atoms with Crippen LogP contribution in [-0.2, 0) is 10.2 Å². The Morgan fingerprint density at radius 3 is 2.70 bits per heavy atom. The topological polar surface area (TPSA) is 52.7 Å². The lowest BCUT2D eigenvalue weighted by atomic mass is 10.0. The maximum absolute atomic E-state index is 12.8. The first-order valence-corrected chi connectivity index (χ1v) is 9.40. The molecule has 0 aliphatic carbocycles. The first kappa shape index (κ1) is 16.2. The zero-order valence-corrected chi connectivity index (χ0v) is 13.7. The van der Waals surface area contributed by atoms with Gasteiger partial charge in [0.25, 0.3) is 10.2 Å². The summed E-state index contributed by atoms with van der Waals surface area (Å²) >= 11 is 0. The molecule has 2 unspecified atom stereocenters. The van der Waals surface area contributed by atoms with Crippen LogP contribution in [0.4, 0.5) is 0 Å². The highest BCUT2D eigenvalue weighted by Gasteiger charge is 2.39. The van der Waals surface area contributed by atoms with E-state index in [1.807, 2.05) is 7.05 Å². The van der Waals surface area contributed by atoms with Gasteiger partial charge in [-0.25, -0.2) is 0 Å². The summed E-state index contributed by atoms with van der Waals surface area (Å²) in [7, 11) is -1.36. The normalized spacial score (nSPS) is 29.9. The largest absolute Gasteiger partial charge is 0.318 e. The molecule has 118 valence electrons. The van der Waals surface area contributed by atoms with Gasteiger partial charge in [0, 0.05) is 32.2 Å². The second kappa shape index (κ2) is 7.20. The smallest absolute Gasteiger partial charge is 0.282 e. The highest BCUT2D eigenvalue weighted by atomic mass is 32.2. The third-order valence-corrected chi connectivity index (χ3v) is 6.64. The van der Waals surface area contributed by atoms with Crippen LogP contribution >= 0.6 is 0 Å². The highest BCUT2D eigenvalue weighted by molar-refractivity contribution is 7.86. The Hall–Kier alpha value is -0.170. The van der Waals surface area contributed by atoms with Gasteiger partial charge in [0.2, 0.25) is 0 Å². The minimum Gasteiger partial charge on any atom is -0.318 e. The van der Waals surface area contributed by atoms with Gasteiger partial charge < -0.3 is 5.32 Å². The summed E-state index contributed by atoms with van der Waals surface area (Å²) in [5.41, 5.74) is 0. The van der Waals surface area contributed by atoms with E-state index in [1.54, 1.807) is 8.61 Å². The van der Waals surface area contributed by atoms with Crippen molar-refractivity contribution < 1.29 is 8.42 Å². The zero-order valence-electron chi connectivity index (χ0n) is 12.8. The third kappa shape index (κ3) is 3.53. The van der Waals surface area contributed by atoms with Gasteiger partial charge in [-0.1, -0.05) is 19.8 Å². The molecule has 0 spiro atoms. The summed E-state index contributed by atoms with van der Waals surface area (Å²) < 4.78 is 29.2. The number of nitrogens with zero attached hydrogens (tertiary/aromatic N) is 2. The van der Waals surface area contributed by atoms with Crippen molar-refractivity contribution in [3.63, 3.8) is 0 Å². The summed E-state index contributed by atoms with van der Waals surface area (Å²) in [6.45, 7) is 5.04. The third-order valence-electron chi connectivity index (χ3n) is 4.58. The summed E-state index contributed by atoms with van der Waals surface area (Å²) in [6.07, 6.45) is 6.42. The van der Waals surface area contributed by atoms with E-state index < -0.39 is 10.2 Å². The molecule has 2 aliphatic heterocycles. The van der Waals surface area contributed by atoms with Crippen LogP contribution in [0.5, 0.6) is 0 Å². The van der Waals surface area contributed by atoms with E-state index in [-0.39, 0.29) is 6.04 Å². The van der Waals surface area contributed by atoms with Gasteiger partial charge >= 0.3 is 0 Å². The fourth-order valence-corrected chi connectivity index (χ4v) is 5.46. The summed E-state index contributed by atoms with van der Waals surface area (Å²) in [6, 6.07) is 0.129. The molecule has 2 heterocycles. The quantitative estimate of drug-likeness (QED) is 0.807. The maximum Gasteiger partial charge on any atom is 0.282 e. The van der Waals surface area contributed by atoms with Crippen molar-refractivity contribution in [2.75, 3.05) is 33.2 Å². The van der Waals surface area contributed by atoms with E-state index in [4.69, 9.17) is 0 Å². The average Bonchev–Trinajstić information content (AvgIpc) is 2.89. The lowest BCUT2D eigenvalue weighted by Gasteiger charge is -2.37. The van der Waals surface area contributed by atoms with E-state index in [0.717, 1.165) is 51.6 Å². The van der Waals surface area contributed by atoms with Crippen molar-refractivity contribution in [3.05, 3.63) is 0 Å². The molecular formula is C14H29N3O2S. The lowest BCUT2D eigenvalue weighted by molar-refractivity contribution is 0.232. The minimum absolute atomic E-state index is 0.129. The summed E-state index contributed by atoms with van der Waals surface area (Å²) in [5.74, 6) is 0.558. The molecule has 2 aliphatic rings. The number of hydrogen-bond donors (Lipinski definition) is 1. The number of piperidine rings is 1. The molecule has 0 aromatic rings. The van der Waals surface area contributed by atoms with Crippen LogP contribution in [0.3, 0.4) is 0 Å². The van der Waals surface area contributed by atoms with Gasteiger partial charge in [-0.3, -0.25) is 0 Å². The van der Waals surface area contributed by atoms with E-state index in [0.29, 0.717) is 19.0 Å².